The molecule has 0 radical (unpaired) electrons. The molecule has 0 unspecified atom stereocenters. The van der Waals surface area contributed by atoms with Gasteiger partial charge in [0.2, 0.25) is 5.95 Å². The summed E-state index contributed by atoms with van der Waals surface area (Å²) in [4.78, 5) is 33.0. The lowest BCUT2D eigenvalue weighted by molar-refractivity contribution is 0.283. The molecule has 0 spiro atoms. The Kier molecular flexibility index (Phi) is 7.13. The molecule has 5 aromatic rings. The Balaban J connectivity index is 1.29. The van der Waals surface area contributed by atoms with Crippen molar-refractivity contribution in [2.75, 3.05) is 18.4 Å². The van der Waals surface area contributed by atoms with E-state index in [1.165, 1.54) is 38.5 Å². The minimum absolute atomic E-state index is 0.00527. The molecule has 1 atom stereocenters. The second-order valence-electron chi connectivity index (χ2n) is 9.41. The molecular weight excluding hydrogens is 591 g/mol. The number of aryl methyl sites for hydroxylation is 1. The predicted molar refractivity (Wildman–Crippen MR) is 151 cm³/mol. The van der Waals surface area contributed by atoms with Gasteiger partial charge in [0.25, 0.3) is 10.0 Å². The molecule has 3 N–H and O–H groups in total. The molecule has 14 nitrogen and oxygen atoms in total. The number of fused-ring (bicyclic) bond motifs is 1. The number of rotatable bonds is 8. The van der Waals surface area contributed by atoms with Crippen molar-refractivity contribution in [2.24, 2.45) is 7.05 Å². The van der Waals surface area contributed by atoms with Crippen LogP contribution in [0.1, 0.15) is 12.8 Å². The summed E-state index contributed by atoms with van der Waals surface area (Å²) in [6, 6.07) is 9.36. The number of phosphoric acid groups is 1. The number of anilines is 1. The molecule has 0 aliphatic carbocycles. The Morgan fingerprint density at radius 3 is 2.80 bits per heavy atom. The van der Waals surface area contributed by atoms with Gasteiger partial charge >= 0.3 is 7.82 Å². The second-order valence-corrected chi connectivity index (χ2v) is 13.3. The van der Waals surface area contributed by atoms with Crippen LogP contribution in [0.2, 0.25) is 0 Å². The highest BCUT2D eigenvalue weighted by atomic mass is 32.2. The first-order valence-electron chi connectivity index (χ1n) is 12.5. The van der Waals surface area contributed by atoms with E-state index in [0.29, 0.717) is 46.5 Å². The molecule has 4 aromatic heterocycles. The highest BCUT2D eigenvalue weighted by Crippen LogP contribution is 2.40. The van der Waals surface area contributed by atoms with Crippen LogP contribution < -0.4 is 9.84 Å². The molecular formula is C24H25N8O6PS2. The monoisotopic (exact) mass is 616 g/mol. The van der Waals surface area contributed by atoms with E-state index in [0.717, 1.165) is 6.42 Å². The van der Waals surface area contributed by atoms with E-state index in [1.54, 1.807) is 37.6 Å². The van der Waals surface area contributed by atoms with Crippen LogP contribution in [0.15, 0.2) is 65.4 Å². The molecule has 0 saturated carbocycles. The molecule has 5 heterocycles. The molecule has 1 aromatic carbocycles. The number of aromatic nitrogens is 6. The number of benzene rings is 1. The van der Waals surface area contributed by atoms with E-state index in [-0.39, 0.29) is 23.4 Å². The van der Waals surface area contributed by atoms with Crippen LogP contribution in [-0.4, -0.2) is 70.8 Å². The first kappa shape index (κ1) is 27.5. The maximum Gasteiger partial charge on any atom is 0.524 e. The number of nitrogens with one attached hydrogen (secondary N) is 1. The van der Waals surface area contributed by atoms with Crippen molar-refractivity contribution in [3.8, 4) is 28.4 Å². The van der Waals surface area contributed by atoms with Gasteiger partial charge in [-0.15, -0.1) is 11.3 Å². The summed E-state index contributed by atoms with van der Waals surface area (Å²) in [5.74, 6) is 0.338. The Hall–Kier alpha value is -3.66. The third-order valence-electron chi connectivity index (χ3n) is 6.50. The molecule has 1 aliphatic rings. The highest BCUT2D eigenvalue weighted by molar-refractivity contribution is 7.89. The first-order chi connectivity index (χ1) is 19.6. The minimum Gasteiger partial charge on any atom is -0.404 e. The molecule has 1 aliphatic heterocycles. The van der Waals surface area contributed by atoms with Gasteiger partial charge in [0.15, 0.2) is 9.99 Å². The van der Waals surface area contributed by atoms with Crippen molar-refractivity contribution >= 4 is 40.1 Å². The van der Waals surface area contributed by atoms with Crippen LogP contribution in [0.3, 0.4) is 0 Å². The summed E-state index contributed by atoms with van der Waals surface area (Å²) in [5.41, 5.74) is 2.34. The number of sulfonamides is 1. The molecule has 6 rings (SSSR count). The van der Waals surface area contributed by atoms with Crippen molar-refractivity contribution in [3.63, 3.8) is 0 Å². The van der Waals surface area contributed by atoms with Gasteiger partial charge in [0.1, 0.15) is 11.4 Å². The fourth-order valence-electron chi connectivity index (χ4n) is 4.75. The quantitative estimate of drug-likeness (QED) is 0.218. The van der Waals surface area contributed by atoms with E-state index >= 15 is 0 Å². The number of phosphoric ester groups is 1. The summed E-state index contributed by atoms with van der Waals surface area (Å²) in [6.07, 6.45) is 6.47. The Bertz CT molecular complexity index is 1880. The van der Waals surface area contributed by atoms with E-state index in [9.17, 15) is 22.8 Å². The standard InChI is InChI=1S/C24H25N8O6PS2/c1-30-11-8-20(29-30)41(36,37)31-10-3-5-17(15-31)26-23-25-9-7-19(27-23)22-21(28-24-32(22)12-13-40-24)16-4-2-6-18(14-16)38-39(33,34)35/h2,4,6-9,11-14,17H,3,5,10,15H2,1H3,(H,25,26,27)(H2,33,34,35)/t17-/m1/s1. The zero-order valence-corrected chi connectivity index (χ0v) is 24.1. The van der Waals surface area contributed by atoms with Crippen LogP contribution in [0.25, 0.3) is 27.6 Å². The summed E-state index contributed by atoms with van der Waals surface area (Å²) in [7, 11) is -6.79. The summed E-state index contributed by atoms with van der Waals surface area (Å²) < 4.78 is 47.1. The van der Waals surface area contributed by atoms with Crippen LogP contribution in [-0.2, 0) is 21.6 Å². The largest absolute Gasteiger partial charge is 0.524 e. The number of hydrogen-bond acceptors (Lipinski definition) is 10. The predicted octanol–water partition coefficient (Wildman–Crippen LogP) is 2.99. The van der Waals surface area contributed by atoms with Crippen molar-refractivity contribution in [2.45, 2.75) is 23.9 Å². The number of piperidine rings is 1. The van der Waals surface area contributed by atoms with Gasteiger partial charge in [-0.1, -0.05) is 12.1 Å². The maximum absolute atomic E-state index is 13.1. The third kappa shape index (κ3) is 5.75. The lowest BCUT2D eigenvalue weighted by Crippen LogP contribution is -2.45. The fraction of sp³-hybridized carbons (Fsp3) is 0.250. The minimum atomic E-state index is -4.74. The Morgan fingerprint density at radius 1 is 1.17 bits per heavy atom. The summed E-state index contributed by atoms with van der Waals surface area (Å²) in [5, 5.41) is 9.27. The highest BCUT2D eigenvalue weighted by Gasteiger charge is 2.32. The van der Waals surface area contributed by atoms with Crippen LogP contribution in [0, 0.1) is 0 Å². The van der Waals surface area contributed by atoms with E-state index < -0.39 is 17.8 Å². The average Bonchev–Trinajstić information content (AvgIpc) is 3.65. The van der Waals surface area contributed by atoms with E-state index in [1.807, 2.05) is 16.0 Å². The Labute approximate surface area is 238 Å². The lowest BCUT2D eigenvalue weighted by atomic mass is 10.1. The van der Waals surface area contributed by atoms with Gasteiger partial charge in [0.05, 0.1) is 11.4 Å². The van der Waals surface area contributed by atoms with Crippen molar-refractivity contribution in [1.29, 1.82) is 0 Å². The molecule has 1 saturated heterocycles. The molecule has 1 fully saturated rings. The number of imidazole rings is 1. The first-order valence-corrected chi connectivity index (χ1v) is 16.3. The fourth-order valence-corrected chi connectivity index (χ4v) is 7.33. The van der Waals surface area contributed by atoms with Crippen molar-refractivity contribution < 1.29 is 27.3 Å². The molecule has 41 heavy (non-hydrogen) atoms. The van der Waals surface area contributed by atoms with Gasteiger partial charge in [-0.2, -0.15) is 9.40 Å². The Morgan fingerprint density at radius 2 is 2.02 bits per heavy atom. The normalized spacial score (nSPS) is 16.7. The average molecular weight is 617 g/mol. The molecule has 17 heteroatoms. The maximum atomic E-state index is 13.1. The van der Waals surface area contributed by atoms with Crippen molar-refractivity contribution in [3.05, 3.63) is 60.4 Å². The number of nitrogens with zero attached hydrogens (tertiary/aromatic N) is 7. The van der Waals surface area contributed by atoms with Crippen LogP contribution >= 0.6 is 19.2 Å². The zero-order valence-electron chi connectivity index (χ0n) is 21.6. The van der Waals surface area contributed by atoms with Gasteiger partial charge < -0.3 is 9.84 Å². The number of hydrogen-bond donors (Lipinski definition) is 3. The topological polar surface area (TPSA) is 177 Å². The van der Waals surface area contributed by atoms with Gasteiger partial charge in [0, 0.05) is 55.7 Å². The smallest absolute Gasteiger partial charge is 0.404 e. The van der Waals surface area contributed by atoms with E-state index in [4.69, 9.17) is 14.5 Å². The van der Waals surface area contributed by atoms with E-state index in [2.05, 4.69) is 15.4 Å². The second kappa shape index (κ2) is 10.6. The molecule has 214 valence electrons. The number of thiazole rings is 1. The molecule has 0 amide bonds. The lowest BCUT2D eigenvalue weighted by Gasteiger charge is -2.31. The summed E-state index contributed by atoms with van der Waals surface area (Å²) >= 11 is 1.43. The third-order valence-corrected chi connectivity index (χ3v) is 9.47. The van der Waals surface area contributed by atoms with Gasteiger partial charge in [-0.25, -0.2) is 27.9 Å². The van der Waals surface area contributed by atoms with Gasteiger partial charge in [-0.05, 0) is 37.1 Å². The molecule has 0 bridgehead atoms. The van der Waals surface area contributed by atoms with Crippen LogP contribution in [0.4, 0.5) is 5.95 Å². The van der Waals surface area contributed by atoms with Crippen molar-refractivity contribution in [1.82, 2.24) is 33.4 Å². The van der Waals surface area contributed by atoms with Crippen LogP contribution in [0.5, 0.6) is 5.75 Å². The zero-order chi connectivity index (χ0) is 28.8. The van der Waals surface area contributed by atoms with Gasteiger partial charge in [-0.3, -0.25) is 18.9 Å². The SMILES string of the molecule is Cn1ccc(S(=O)(=O)N2CCC[C@@H](Nc3nccc(-c4c(-c5cccc(OP(=O)(O)O)c5)nc5sccn45)n3)C2)n1. The summed E-state index contributed by atoms with van der Waals surface area (Å²) in [6.45, 7) is 0.643.